The molecule has 3 nitrogen and oxygen atoms in total. The molecule has 0 spiro atoms. The lowest BCUT2D eigenvalue weighted by atomic mass is 9.99. The molecule has 1 atom stereocenters. The van der Waals surface area contributed by atoms with E-state index < -0.39 is 6.10 Å². The van der Waals surface area contributed by atoms with Gasteiger partial charge in [0.25, 0.3) is 0 Å². The number of ether oxygens (including phenoxy) is 1. The van der Waals surface area contributed by atoms with Crippen LogP contribution in [0.5, 0.6) is 5.75 Å². The zero-order valence-electron chi connectivity index (χ0n) is 11.7. The smallest absolute Gasteiger partial charge is 0.126 e. The average Bonchev–Trinajstić information content (AvgIpc) is 2.43. The van der Waals surface area contributed by atoms with Gasteiger partial charge in [0, 0.05) is 18.0 Å². The van der Waals surface area contributed by atoms with Gasteiger partial charge in [-0.1, -0.05) is 44.2 Å². The number of rotatable bonds is 5. The molecule has 2 aromatic carbocycles. The second-order valence-electron chi connectivity index (χ2n) is 4.98. The van der Waals surface area contributed by atoms with Crippen LogP contribution in [-0.4, -0.2) is 24.8 Å². The maximum atomic E-state index is 10.3. The summed E-state index contributed by atoms with van der Waals surface area (Å²) in [4.78, 5) is 0. The third kappa shape index (κ3) is 3.06. The highest BCUT2D eigenvalue weighted by Gasteiger charge is 2.13. The maximum absolute atomic E-state index is 10.3. The third-order valence-corrected chi connectivity index (χ3v) is 3.22. The van der Waals surface area contributed by atoms with E-state index in [1.54, 1.807) is 7.11 Å². The Bertz CT molecular complexity index is 551. The van der Waals surface area contributed by atoms with Gasteiger partial charge in [-0.2, -0.15) is 0 Å². The standard InChI is InChI=1S/C16H21NO2/c1-11(2)17-10-15(18)13-8-9-16(19-3)14-7-5-4-6-12(13)14/h4-9,11,15,17-18H,10H2,1-3H3/t15-/m1/s1. The van der Waals surface area contributed by atoms with Gasteiger partial charge in [-0.15, -0.1) is 0 Å². The normalized spacial score (nSPS) is 12.9. The zero-order valence-corrected chi connectivity index (χ0v) is 11.7. The molecular weight excluding hydrogens is 238 g/mol. The van der Waals surface area contributed by atoms with Crippen LogP contribution in [-0.2, 0) is 0 Å². The molecule has 0 aliphatic heterocycles. The first kappa shape index (κ1) is 13.8. The minimum absolute atomic E-state index is 0.360. The molecule has 0 saturated carbocycles. The van der Waals surface area contributed by atoms with Crippen molar-refractivity contribution in [1.82, 2.24) is 5.32 Å². The van der Waals surface area contributed by atoms with Crippen LogP contribution >= 0.6 is 0 Å². The quantitative estimate of drug-likeness (QED) is 0.867. The summed E-state index contributed by atoms with van der Waals surface area (Å²) >= 11 is 0. The molecule has 0 aliphatic rings. The molecule has 2 rings (SSSR count). The molecule has 2 aromatic rings. The molecular formula is C16H21NO2. The van der Waals surface area contributed by atoms with Crippen LogP contribution in [0.3, 0.4) is 0 Å². The summed E-state index contributed by atoms with van der Waals surface area (Å²) in [6, 6.07) is 12.2. The molecule has 0 aromatic heterocycles. The van der Waals surface area contributed by atoms with Crippen molar-refractivity contribution in [3.8, 4) is 5.75 Å². The highest BCUT2D eigenvalue weighted by Crippen LogP contribution is 2.31. The summed E-state index contributed by atoms with van der Waals surface area (Å²) in [6.07, 6.45) is -0.516. The number of aliphatic hydroxyl groups excluding tert-OH is 1. The van der Waals surface area contributed by atoms with Crippen LogP contribution in [0.2, 0.25) is 0 Å². The predicted molar refractivity (Wildman–Crippen MR) is 78.6 cm³/mol. The molecule has 0 heterocycles. The van der Waals surface area contributed by atoms with E-state index in [4.69, 9.17) is 4.74 Å². The number of hydrogen-bond acceptors (Lipinski definition) is 3. The molecule has 0 fully saturated rings. The van der Waals surface area contributed by atoms with Crippen molar-refractivity contribution in [2.24, 2.45) is 0 Å². The van der Waals surface area contributed by atoms with Crippen LogP contribution in [0.15, 0.2) is 36.4 Å². The van der Waals surface area contributed by atoms with Crippen LogP contribution in [0, 0.1) is 0 Å². The van der Waals surface area contributed by atoms with Crippen molar-refractivity contribution in [1.29, 1.82) is 0 Å². The Kier molecular flexibility index (Phi) is 4.40. The summed E-state index contributed by atoms with van der Waals surface area (Å²) in [5, 5.41) is 15.7. The second-order valence-corrected chi connectivity index (χ2v) is 4.98. The van der Waals surface area contributed by atoms with Crippen molar-refractivity contribution in [3.63, 3.8) is 0 Å². The van der Waals surface area contributed by atoms with Crippen LogP contribution in [0.4, 0.5) is 0 Å². The first-order valence-corrected chi connectivity index (χ1v) is 6.60. The van der Waals surface area contributed by atoms with E-state index in [0.29, 0.717) is 12.6 Å². The zero-order chi connectivity index (χ0) is 13.8. The fraction of sp³-hybridized carbons (Fsp3) is 0.375. The molecule has 3 heteroatoms. The molecule has 0 unspecified atom stereocenters. The molecule has 0 amide bonds. The molecule has 19 heavy (non-hydrogen) atoms. The fourth-order valence-corrected chi connectivity index (χ4v) is 2.22. The number of benzene rings is 2. The van der Waals surface area contributed by atoms with Crippen LogP contribution in [0.25, 0.3) is 10.8 Å². The average molecular weight is 259 g/mol. The third-order valence-electron chi connectivity index (χ3n) is 3.22. The Labute approximate surface area is 114 Å². The highest BCUT2D eigenvalue weighted by atomic mass is 16.5. The fourth-order valence-electron chi connectivity index (χ4n) is 2.22. The summed E-state index contributed by atoms with van der Waals surface area (Å²) < 4.78 is 5.36. The van der Waals surface area contributed by atoms with E-state index in [9.17, 15) is 5.11 Å². The van der Waals surface area contributed by atoms with Crippen molar-refractivity contribution in [2.45, 2.75) is 26.0 Å². The van der Waals surface area contributed by atoms with Crippen molar-refractivity contribution in [3.05, 3.63) is 42.0 Å². The van der Waals surface area contributed by atoms with Gasteiger partial charge in [0.1, 0.15) is 5.75 Å². The SMILES string of the molecule is COc1ccc([C@H](O)CNC(C)C)c2ccccc12. The van der Waals surface area contributed by atoms with Gasteiger partial charge in [0.15, 0.2) is 0 Å². The van der Waals surface area contributed by atoms with Crippen LogP contribution < -0.4 is 10.1 Å². The minimum atomic E-state index is -0.516. The van der Waals surface area contributed by atoms with Crippen molar-refractivity contribution >= 4 is 10.8 Å². The lowest BCUT2D eigenvalue weighted by Gasteiger charge is -2.17. The Morgan fingerprint density at radius 2 is 1.79 bits per heavy atom. The topological polar surface area (TPSA) is 41.5 Å². The first-order chi connectivity index (χ1) is 9.13. The summed E-state index contributed by atoms with van der Waals surface area (Å²) in [7, 11) is 1.66. The van der Waals surface area contributed by atoms with Gasteiger partial charge >= 0.3 is 0 Å². The van der Waals surface area contributed by atoms with Crippen LogP contribution in [0.1, 0.15) is 25.5 Å². The summed E-state index contributed by atoms with van der Waals surface area (Å²) in [5.41, 5.74) is 0.935. The number of hydrogen-bond donors (Lipinski definition) is 2. The highest BCUT2D eigenvalue weighted by molar-refractivity contribution is 5.91. The van der Waals surface area contributed by atoms with Gasteiger partial charge in [-0.3, -0.25) is 0 Å². The number of fused-ring (bicyclic) bond motifs is 1. The van der Waals surface area contributed by atoms with Gasteiger partial charge in [0.05, 0.1) is 13.2 Å². The van der Waals surface area contributed by atoms with Gasteiger partial charge in [-0.05, 0) is 17.0 Å². The van der Waals surface area contributed by atoms with Crippen molar-refractivity contribution < 1.29 is 9.84 Å². The van der Waals surface area contributed by atoms with E-state index in [1.807, 2.05) is 36.4 Å². The molecule has 2 N–H and O–H groups in total. The monoisotopic (exact) mass is 259 g/mol. The van der Waals surface area contributed by atoms with E-state index in [0.717, 1.165) is 22.1 Å². The Hall–Kier alpha value is -1.58. The Morgan fingerprint density at radius 3 is 2.42 bits per heavy atom. The number of aliphatic hydroxyl groups is 1. The number of methoxy groups -OCH3 is 1. The number of nitrogens with one attached hydrogen (secondary N) is 1. The largest absolute Gasteiger partial charge is 0.496 e. The van der Waals surface area contributed by atoms with E-state index >= 15 is 0 Å². The minimum Gasteiger partial charge on any atom is -0.496 e. The van der Waals surface area contributed by atoms with Gasteiger partial charge < -0.3 is 15.2 Å². The van der Waals surface area contributed by atoms with Gasteiger partial charge in [-0.25, -0.2) is 0 Å². The lowest BCUT2D eigenvalue weighted by Crippen LogP contribution is -2.28. The molecule has 0 aliphatic carbocycles. The van der Waals surface area contributed by atoms with Crippen molar-refractivity contribution in [2.75, 3.05) is 13.7 Å². The van der Waals surface area contributed by atoms with E-state index in [2.05, 4.69) is 19.2 Å². The Balaban J connectivity index is 2.38. The molecule has 102 valence electrons. The molecule has 0 radical (unpaired) electrons. The first-order valence-electron chi connectivity index (χ1n) is 6.60. The van der Waals surface area contributed by atoms with E-state index in [1.165, 1.54) is 0 Å². The molecule has 0 bridgehead atoms. The predicted octanol–water partition coefficient (Wildman–Crippen LogP) is 2.88. The molecule has 0 saturated heterocycles. The summed E-state index contributed by atoms with van der Waals surface area (Å²) in [5.74, 6) is 0.836. The summed E-state index contributed by atoms with van der Waals surface area (Å²) in [6.45, 7) is 4.69. The second kappa shape index (κ2) is 6.04. The van der Waals surface area contributed by atoms with Gasteiger partial charge in [0.2, 0.25) is 0 Å². The Morgan fingerprint density at radius 1 is 1.11 bits per heavy atom. The lowest BCUT2D eigenvalue weighted by molar-refractivity contribution is 0.173. The van der Waals surface area contributed by atoms with E-state index in [-0.39, 0.29) is 0 Å². The maximum Gasteiger partial charge on any atom is 0.126 e.